The summed E-state index contributed by atoms with van der Waals surface area (Å²) in [7, 11) is 0. The molecule has 106 valence electrons. The van der Waals surface area contributed by atoms with Crippen LogP contribution in [-0.2, 0) is 4.79 Å². The Hall–Kier alpha value is -2.60. The molecule has 0 atom stereocenters. The molecule has 0 saturated heterocycles. The summed E-state index contributed by atoms with van der Waals surface area (Å²) in [6.07, 6.45) is 6.66. The van der Waals surface area contributed by atoms with Crippen molar-refractivity contribution in [3.8, 4) is 11.8 Å². The van der Waals surface area contributed by atoms with Crippen LogP contribution in [0.4, 0.5) is 0 Å². The van der Waals surface area contributed by atoms with Crippen LogP contribution >= 0.6 is 0 Å². The molecule has 2 aromatic rings. The van der Waals surface area contributed by atoms with Crippen LogP contribution < -0.4 is 0 Å². The molecule has 0 aliphatic carbocycles. The Morgan fingerprint density at radius 2 is 1.95 bits per heavy atom. The van der Waals surface area contributed by atoms with Crippen LogP contribution in [0.15, 0.2) is 55.1 Å². The maximum absolute atomic E-state index is 12.5. The first-order valence-electron chi connectivity index (χ1n) is 6.78. The third-order valence-corrected chi connectivity index (χ3v) is 2.90. The van der Waals surface area contributed by atoms with E-state index in [9.17, 15) is 4.79 Å². The molecule has 0 saturated carbocycles. The molecule has 1 aromatic carbocycles. The number of Topliss-reactive ketones (excluding diaryl/α,β-unsaturated/α-hetero) is 1. The second kappa shape index (κ2) is 6.23. The number of benzene rings is 1. The summed E-state index contributed by atoms with van der Waals surface area (Å²) in [6.45, 7) is 5.68. The number of allylic oxidation sites excluding steroid dienone is 2. The minimum Gasteiger partial charge on any atom is -0.302 e. The van der Waals surface area contributed by atoms with Gasteiger partial charge >= 0.3 is 0 Å². The number of carbonyl (C=O) groups is 1. The molecule has 0 bridgehead atoms. The fraction of sp³-hybridized carbons (Fsp3) is 0.222. The molecule has 1 aromatic heterocycles. The quantitative estimate of drug-likeness (QED) is 0.623. The molecule has 21 heavy (non-hydrogen) atoms. The fourth-order valence-corrected chi connectivity index (χ4v) is 1.75. The van der Waals surface area contributed by atoms with E-state index >= 15 is 0 Å². The number of hydrogen-bond donors (Lipinski definition) is 0. The number of hydrogen-bond acceptors (Lipinski definition) is 2. The number of ketones is 1. The SMILES string of the molecule is CC(C)(C)C(=O)/C(=C/C#Cc1ccccc1)n1ccnc1. The van der Waals surface area contributed by atoms with Gasteiger partial charge in [-0.3, -0.25) is 4.79 Å². The highest BCUT2D eigenvalue weighted by Gasteiger charge is 2.25. The van der Waals surface area contributed by atoms with Crippen molar-refractivity contribution in [1.82, 2.24) is 9.55 Å². The molecule has 0 aliphatic heterocycles. The van der Waals surface area contributed by atoms with Crippen molar-refractivity contribution in [2.45, 2.75) is 20.8 Å². The Balaban J connectivity index is 2.35. The molecular formula is C18H18N2O. The molecule has 0 spiro atoms. The first-order valence-corrected chi connectivity index (χ1v) is 6.78. The van der Waals surface area contributed by atoms with Gasteiger partial charge in [-0.2, -0.15) is 0 Å². The Labute approximate surface area is 125 Å². The topological polar surface area (TPSA) is 34.9 Å². The van der Waals surface area contributed by atoms with Gasteiger partial charge in [-0.05, 0) is 12.1 Å². The number of carbonyl (C=O) groups excluding carboxylic acids is 1. The van der Waals surface area contributed by atoms with Gasteiger partial charge in [0.05, 0.1) is 12.0 Å². The van der Waals surface area contributed by atoms with E-state index in [1.54, 1.807) is 29.4 Å². The van der Waals surface area contributed by atoms with E-state index in [-0.39, 0.29) is 5.78 Å². The summed E-state index contributed by atoms with van der Waals surface area (Å²) in [5.41, 5.74) is 0.982. The number of aromatic nitrogens is 2. The lowest BCUT2D eigenvalue weighted by molar-refractivity contribution is -0.120. The molecule has 0 amide bonds. The molecule has 2 rings (SSSR count). The van der Waals surface area contributed by atoms with Crippen LogP contribution in [0.2, 0.25) is 0 Å². The lowest BCUT2D eigenvalue weighted by Gasteiger charge is -2.18. The summed E-state index contributed by atoms with van der Waals surface area (Å²) < 4.78 is 1.70. The summed E-state index contributed by atoms with van der Waals surface area (Å²) >= 11 is 0. The van der Waals surface area contributed by atoms with Gasteiger partial charge in [0.15, 0.2) is 5.78 Å². The standard InChI is InChI=1S/C18H18N2O/c1-18(2,3)17(21)16(20-13-12-19-14-20)11-7-10-15-8-5-4-6-9-15/h4-6,8-9,11-14H,1-3H3/b16-11-. The maximum atomic E-state index is 12.5. The van der Waals surface area contributed by atoms with Crippen molar-refractivity contribution in [2.24, 2.45) is 5.41 Å². The van der Waals surface area contributed by atoms with Crippen LogP contribution in [0.3, 0.4) is 0 Å². The van der Waals surface area contributed by atoms with Crippen LogP contribution in [0.25, 0.3) is 5.70 Å². The summed E-state index contributed by atoms with van der Waals surface area (Å²) in [6, 6.07) is 9.68. The molecule has 0 fully saturated rings. The fourth-order valence-electron chi connectivity index (χ4n) is 1.75. The minimum atomic E-state index is -0.468. The lowest BCUT2D eigenvalue weighted by Crippen LogP contribution is -2.23. The molecule has 1 heterocycles. The predicted molar refractivity (Wildman–Crippen MR) is 84.3 cm³/mol. The van der Waals surface area contributed by atoms with Gasteiger partial charge < -0.3 is 4.57 Å². The predicted octanol–water partition coefficient (Wildman–Crippen LogP) is 3.39. The molecule has 0 N–H and O–H groups in total. The van der Waals surface area contributed by atoms with Crippen molar-refractivity contribution >= 4 is 11.5 Å². The van der Waals surface area contributed by atoms with E-state index in [2.05, 4.69) is 16.8 Å². The van der Waals surface area contributed by atoms with Crippen LogP contribution in [0, 0.1) is 17.3 Å². The molecule has 0 aliphatic rings. The molecule has 0 unspecified atom stereocenters. The Morgan fingerprint density at radius 1 is 1.24 bits per heavy atom. The van der Waals surface area contributed by atoms with Gasteiger partial charge in [0.2, 0.25) is 0 Å². The van der Waals surface area contributed by atoms with E-state index in [0.29, 0.717) is 5.70 Å². The van der Waals surface area contributed by atoms with Gasteiger partial charge in [0.25, 0.3) is 0 Å². The van der Waals surface area contributed by atoms with Crippen molar-refractivity contribution in [1.29, 1.82) is 0 Å². The van der Waals surface area contributed by atoms with E-state index in [0.717, 1.165) is 5.56 Å². The summed E-state index contributed by atoms with van der Waals surface area (Å²) in [4.78, 5) is 16.5. The van der Waals surface area contributed by atoms with Crippen molar-refractivity contribution in [2.75, 3.05) is 0 Å². The highest BCUT2D eigenvalue weighted by molar-refractivity contribution is 6.18. The van der Waals surface area contributed by atoms with E-state index in [1.807, 2.05) is 51.1 Å². The highest BCUT2D eigenvalue weighted by Crippen LogP contribution is 2.22. The zero-order chi connectivity index (χ0) is 15.3. The molecule has 3 nitrogen and oxygen atoms in total. The number of imidazole rings is 1. The minimum absolute atomic E-state index is 0.0304. The van der Waals surface area contributed by atoms with Crippen LogP contribution in [0.5, 0.6) is 0 Å². The van der Waals surface area contributed by atoms with Gasteiger partial charge in [0, 0.05) is 29.4 Å². The van der Waals surface area contributed by atoms with Crippen LogP contribution in [-0.4, -0.2) is 15.3 Å². The largest absolute Gasteiger partial charge is 0.302 e. The number of rotatable bonds is 2. The summed E-state index contributed by atoms with van der Waals surface area (Å²) in [5.74, 6) is 6.02. The normalized spacial score (nSPS) is 11.7. The molecular weight excluding hydrogens is 260 g/mol. The zero-order valence-electron chi connectivity index (χ0n) is 12.5. The summed E-state index contributed by atoms with van der Waals surface area (Å²) in [5, 5.41) is 0. The smallest absolute Gasteiger partial charge is 0.185 e. The third kappa shape index (κ3) is 3.93. The first-order chi connectivity index (χ1) is 9.98. The van der Waals surface area contributed by atoms with E-state index < -0.39 is 5.41 Å². The molecule has 0 radical (unpaired) electrons. The lowest BCUT2D eigenvalue weighted by atomic mass is 9.88. The Morgan fingerprint density at radius 3 is 2.52 bits per heavy atom. The van der Waals surface area contributed by atoms with E-state index in [1.165, 1.54) is 0 Å². The van der Waals surface area contributed by atoms with Crippen molar-refractivity contribution < 1.29 is 4.79 Å². The van der Waals surface area contributed by atoms with Crippen molar-refractivity contribution in [3.63, 3.8) is 0 Å². The average molecular weight is 278 g/mol. The Kier molecular flexibility index (Phi) is 4.39. The molecule has 3 heteroatoms. The van der Waals surface area contributed by atoms with Gasteiger partial charge in [-0.15, -0.1) is 0 Å². The van der Waals surface area contributed by atoms with Crippen molar-refractivity contribution in [3.05, 3.63) is 60.7 Å². The highest BCUT2D eigenvalue weighted by atomic mass is 16.1. The van der Waals surface area contributed by atoms with Gasteiger partial charge in [-0.1, -0.05) is 50.8 Å². The monoisotopic (exact) mass is 278 g/mol. The first kappa shape index (κ1) is 14.8. The third-order valence-electron chi connectivity index (χ3n) is 2.90. The maximum Gasteiger partial charge on any atom is 0.185 e. The second-order valence-electron chi connectivity index (χ2n) is 5.71. The number of nitrogens with zero attached hydrogens (tertiary/aromatic N) is 2. The van der Waals surface area contributed by atoms with Gasteiger partial charge in [0.1, 0.15) is 0 Å². The van der Waals surface area contributed by atoms with Crippen LogP contribution in [0.1, 0.15) is 26.3 Å². The van der Waals surface area contributed by atoms with E-state index in [4.69, 9.17) is 0 Å². The van der Waals surface area contributed by atoms with Gasteiger partial charge in [-0.25, -0.2) is 4.98 Å². The zero-order valence-corrected chi connectivity index (χ0v) is 12.5. The Bertz CT molecular complexity index is 693. The average Bonchev–Trinajstić information content (AvgIpc) is 2.97. The second-order valence-corrected chi connectivity index (χ2v) is 5.71.